The zero-order chi connectivity index (χ0) is 13.9. The first-order valence-electron chi connectivity index (χ1n) is 5.98. The lowest BCUT2D eigenvalue weighted by atomic mass is 10.2. The van der Waals surface area contributed by atoms with E-state index >= 15 is 0 Å². The summed E-state index contributed by atoms with van der Waals surface area (Å²) in [6.45, 7) is 2.17. The molecule has 0 atom stereocenters. The van der Waals surface area contributed by atoms with E-state index in [1.165, 1.54) is 0 Å². The van der Waals surface area contributed by atoms with E-state index in [4.69, 9.17) is 20.9 Å². The van der Waals surface area contributed by atoms with E-state index in [-0.39, 0.29) is 6.61 Å². The van der Waals surface area contributed by atoms with Crippen molar-refractivity contribution in [2.24, 2.45) is 0 Å². The van der Waals surface area contributed by atoms with Crippen LogP contribution in [0.15, 0.2) is 40.2 Å². The van der Waals surface area contributed by atoms with Gasteiger partial charge in [-0.3, -0.25) is 0 Å². The molecule has 0 radical (unpaired) electrons. The molecular weight excluding hydrogens is 296 g/mol. The van der Waals surface area contributed by atoms with Gasteiger partial charge in [0.15, 0.2) is 6.61 Å². The second kappa shape index (κ2) is 5.64. The molecule has 3 aromatic rings. The van der Waals surface area contributed by atoms with Crippen molar-refractivity contribution in [1.29, 1.82) is 0 Å². The molecule has 0 amide bonds. The summed E-state index contributed by atoms with van der Waals surface area (Å²) < 4.78 is 10.8. The second-order valence-corrected chi connectivity index (χ2v) is 5.57. The molecule has 0 fully saturated rings. The average molecular weight is 307 g/mol. The first-order valence-corrected chi connectivity index (χ1v) is 7.23. The predicted molar refractivity (Wildman–Crippen MR) is 78.1 cm³/mol. The highest BCUT2D eigenvalue weighted by Crippen LogP contribution is 2.26. The Morgan fingerprint density at radius 2 is 2.25 bits per heavy atom. The summed E-state index contributed by atoms with van der Waals surface area (Å²) in [6, 6.07) is 9.49. The number of hydrogen-bond acceptors (Lipinski definition) is 5. The second-order valence-electron chi connectivity index (χ2n) is 4.21. The summed E-state index contributed by atoms with van der Waals surface area (Å²) in [4.78, 5) is 5.25. The summed E-state index contributed by atoms with van der Waals surface area (Å²) in [6.07, 6.45) is 0. The molecule has 20 heavy (non-hydrogen) atoms. The highest BCUT2D eigenvalue weighted by atomic mass is 35.5. The van der Waals surface area contributed by atoms with Gasteiger partial charge in [-0.1, -0.05) is 28.9 Å². The Hall–Kier alpha value is -1.85. The summed E-state index contributed by atoms with van der Waals surface area (Å²) in [5.74, 6) is 1.61. The molecule has 0 unspecified atom stereocenters. The number of thiophene rings is 1. The molecule has 6 heteroatoms. The molecule has 2 heterocycles. The van der Waals surface area contributed by atoms with Crippen LogP contribution in [0.25, 0.3) is 10.7 Å². The van der Waals surface area contributed by atoms with Gasteiger partial charge in [0, 0.05) is 0 Å². The lowest BCUT2D eigenvalue weighted by molar-refractivity contribution is 0.243. The van der Waals surface area contributed by atoms with Crippen LogP contribution in [0, 0.1) is 6.92 Å². The van der Waals surface area contributed by atoms with E-state index in [9.17, 15) is 0 Å². The zero-order valence-corrected chi connectivity index (χ0v) is 12.2. The molecule has 2 aromatic heterocycles. The highest BCUT2D eigenvalue weighted by molar-refractivity contribution is 7.13. The van der Waals surface area contributed by atoms with Gasteiger partial charge in [-0.15, -0.1) is 11.3 Å². The fraction of sp³-hybridized carbons (Fsp3) is 0.143. The van der Waals surface area contributed by atoms with Gasteiger partial charge in [0.1, 0.15) is 5.75 Å². The van der Waals surface area contributed by atoms with Gasteiger partial charge >= 0.3 is 0 Å². The van der Waals surface area contributed by atoms with Gasteiger partial charge in [0.2, 0.25) is 5.82 Å². The Labute approximate surface area is 125 Å². The molecule has 4 nitrogen and oxygen atoms in total. The fourth-order valence-electron chi connectivity index (χ4n) is 1.68. The molecule has 0 saturated carbocycles. The van der Waals surface area contributed by atoms with Crippen molar-refractivity contribution in [3.8, 4) is 16.5 Å². The van der Waals surface area contributed by atoms with Crippen LogP contribution in [-0.2, 0) is 6.61 Å². The van der Waals surface area contributed by atoms with Crippen molar-refractivity contribution in [2.75, 3.05) is 0 Å². The molecule has 0 aliphatic carbocycles. The third-order valence-corrected chi connectivity index (χ3v) is 3.83. The van der Waals surface area contributed by atoms with E-state index in [1.54, 1.807) is 17.4 Å². The largest absolute Gasteiger partial charge is 0.482 e. The maximum atomic E-state index is 6.06. The SMILES string of the molecule is Cc1ccc(Cl)c(OCc2nc(-c3cccs3)no2)c1. The van der Waals surface area contributed by atoms with E-state index in [0.717, 1.165) is 10.4 Å². The van der Waals surface area contributed by atoms with Crippen LogP contribution in [0.5, 0.6) is 5.75 Å². The van der Waals surface area contributed by atoms with Crippen LogP contribution in [0.4, 0.5) is 0 Å². The first-order chi connectivity index (χ1) is 9.72. The van der Waals surface area contributed by atoms with E-state index < -0.39 is 0 Å². The average Bonchev–Trinajstić information content (AvgIpc) is 3.09. The smallest absolute Gasteiger partial charge is 0.264 e. The normalized spacial score (nSPS) is 10.7. The van der Waals surface area contributed by atoms with Crippen molar-refractivity contribution in [1.82, 2.24) is 10.1 Å². The van der Waals surface area contributed by atoms with Gasteiger partial charge in [0.25, 0.3) is 5.89 Å². The molecule has 0 aliphatic heterocycles. The lowest BCUT2D eigenvalue weighted by Gasteiger charge is -2.06. The summed E-state index contributed by atoms with van der Waals surface area (Å²) in [5, 5.41) is 6.45. The number of aryl methyl sites for hydroxylation is 1. The number of rotatable bonds is 4. The Kier molecular flexibility index (Phi) is 3.71. The number of nitrogens with zero attached hydrogens (tertiary/aromatic N) is 2. The minimum Gasteiger partial charge on any atom is -0.482 e. The maximum Gasteiger partial charge on any atom is 0.264 e. The van der Waals surface area contributed by atoms with Crippen LogP contribution in [0.3, 0.4) is 0 Å². The van der Waals surface area contributed by atoms with Gasteiger partial charge in [-0.05, 0) is 36.1 Å². The van der Waals surface area contributed by atoms with Crippen molar-refractivity contribution in [3.05, 3.63) is 52.2 Å². The van der Waals surface area contributed by atoms with Crippen molar-refractivity contribution in [2.45, 2.75) is 13.5 Å². The Bertz CT molecular complexity index is 710. The highest BCUT2D eigenvalue weighted by Gasteiger charge is 2.10. The van der Waals surface area contributed by atoms with Gasteiger partial charge < -0.3 is 9.26 Å². The molecule has 0 saturated heterocycles. The van der Waals surface area contributed by atoms with Crippen molar-refractivity contribution < 1.29 is 9.26 Å². The summed E-state index contributed by atoms with van der Waals surface area (Å²) in [5.41, 5.74) is 1.08. The third-order valence-electron chi connectivity index (χ3n) is 2.65. The molecule has 1 aromatic carbocycles. The first kappa shape index (κ1) is 13.1. The van der Waals surface area contributed by atoms with Gasteiger partial charge in [-0.25, -0.2) is 0 Å². The Morgan fingerprint density at radius 3 is 3.05 bits per heavy atom. The number of halogens is 1. The van der Waals surface area contributed by atoms with Gasteiger partial charge in [-0.2, -0.15) is 4.98 Å². The van der Waals surface area contributed by atoms with Crippen LogP contribution in [0.1, 0.15) is 11.5 Å². The van der Waals surface area contributed by atoms with E-state index in [0.29, 0.717) is 22.5 Å². The molecule has 0 spiro atoms. The van der Waals surface area contributed by atoms with Crippen LogP contribution in [-0.4, -0.2) is 10.1 Å². The molecular formula is C14H11ClN2O2S. The van der Waals surface area contributed by atoms with E-state index in [1.807, 2.05) is 36.6 Å². The summed E-state index contributed by atoms with van der Waals surface area (Å²) >= 11 is 7.62. The predicted octanol–water partition coefficient (Wildman–Crippen LogP) is 4.34. The number of hydrogen-bond donors (Lipinski definition) is 0. The van der Waals surface area contributed by atoms with Crippen LogP contribution < -0.4 is 4.74 Å². The Morgan fingerprint density at radius 1 is 1.35 bits per heavy atom. The molecule has 3 rings (SSSR count). The standard InChI is InChI=1S/C14H11ClN2O2S/c1-9-4-5-10(15)11(7-9)18-8-13-16-14(17-19-13)12-3-2-6-20-12/h2-7H,8H2,1H3. The minimum absolute atomic E-state index is 0.196. The molecule has 0 N–H and O–H groups in total. The fourth-order valence-corrected chi connectivity index (χ4v) is 2.50. The number of ether oxygens (including phenoxy) is 1. The van der Waals surface area contributed by atoms with Crippen LogP contribution in [0.2, 0.25) is 5.02 Å². The maximum absolute atomic E-state index is 6.06. The quantitative estimate of drug-likeness (QED) is 0.719. The molecule has 102 valence electrons. The van der Waals surface area contributed by atoms with Gasteiger partial charge in [0.05, 0.1) is 9.90 Å². The zero-order valence-electron chi connectivity index (χ0n) is 10.7. The lowest BCUT2D eigenvalue weighted by Crippen LogP contribution is -1.96. The van der Waals surface area contributed by atoms with Crippen molar-refractivity contribution in [3.63, 3.8) is 0 Å². The third kappa shape index (κ3) is 2.84. The van der Waals surface area contributed by atoms with Crippen LogP contribution >= 0.6 is 22.9 Å². The number of aromatic nitrogens is 2. The Balaban J connectivity index is 1.71. The topological polar surface area (TPSA) is 48.2 Å². The summed E-state index contributed by atoms with van der Waals surface area (Å²) in [7, 11) is 0. The van der Waals surface area contributed by atoms with E-state index in [2.05, 4.69) is 10.1 Å². The minimum atomic E-state index is 0.196. The van der Waals surface area contributed by atoms with Crippen molar-refractivity contribution >= 4 is 22.9 Å². The molecule has 0 bridgehead atoms. The monoisotopic (exact) mass is 306 g/mol. The number of benzene rings is 1. The molecule has 0 aliphatic rings.